The van der Waals surface area contributed by atoms with Gasteiger partial charge in [-0.25, -0.2) is 4.79 Å². The Balaban J connectivity index is 2.49. The van der Waals surface area contributed by atoms with Gasteiger partial charge in [0.15, 0.2) is 11.5 Å². The van der Waals surface area contributed by atoms with Crippen LogP contribution in [0.15, 0.2) is 24.3 Å². The Morgan fingerprint density at radius 3 is 2.70 bits per heavy atom. The molecule has 0 N–H and O–H groups in total. The molecule has 0 amide bonds. The number of alkyl halides is 3. The Morgan fingerprint density at radius 1 is 1.39 bits per heavy atom. The van der Waals surface area contributed by atoms with Gasteiger partial charge in [0.1, 0.15) is 0 Å². The van der Waals surface area contributed by atoms with Gasteiger partial charge in [-0.05, 0) is 48.0 Å². The van der Waals surface area contributed by atoms with E-state index in [1.807, 2.05) is 0 Å². The van der Waals surface area contributed by atoms with Crippen molar-refractivity contribution in [2.45, 2.75) is 20.0 Å². The van der Waals surface area contributed by atoms with Crippen LogP contribution in [0.4, 0.5) is 13.2 Å². The minimum atomic E-state index is -4.47. The first-order chi connectivity index (χ1) is 10.8. The predicted octanol–water partition coefficient (Wildman–Crippen LogP) is 2.56. The van der Waals surface area contributed by atoms with Gasteiger partial charge in [0.25, 0.3) is 0 Å². The Kier molecular flexibility index (Phi) is 4.77. The fraction of sp³-hybridized carbons (Fsp3) is 0.286. The molecule has 2 aromatic rings. The molecule has 0 radical (unpaired) electrons. The molecule has 6 nitrogen and oxygen atoms in total. The highest BCUT2D eigenvalue weighted by molar-refractivity contribution is 6.15. The van der Waals surface area contributed by atoms with Crippen LogP contribution in [0.3, 0.4) is 0 Å². The number of carbonyl (C=O) groups excluding carboxylic acids is 1. The summed E-state index contributed by atoms with van der Waals surface area (Å²) in [5.74, 6) is -0.434. The first kappa shape index (κ1) is 16.7. The summed E-state index contributed by atoms with van der Waals surface area (Å²) in [6.45, 7) is 3.28. The summed E-state index contributed by atoms with van der Waals surface area (Å²) in [5.41, 5.74) is -0.714. The Labute approximate surface area is 129 Å². The molecule has 0 bridgehead atoms. The highest BCUT2D eigenvalue weighted by Gasteiger charge is 2.30. The van der Waals surface area contributed by atoms with Crippen LogP contribution in [0.25, 0.3) is 11.8 Å². The molecular formula is C14H13F3N4O2. The molecule has 23 heavy (non-hydrogen) atoms. The van der Waals surface area contributed by atoms with Gasteiger partial charge in [0, 0.05) is 0 Å². The number of hydrogen-bond donors (Lipinski definition) is 0. The van der Waals surface area contributed by atoms with Crippen LogP contribution < -0.4 is 0 Å². The fourth-order valence-corrected chi connectivity index (χ4v) is 1.83. The zero-order valence-electron chi connectivity index (χ0n) is 12.3. The van der Waals surface area contributed by atoms with Gasteiger partial charge < -0.3 is 4.74 Å². The Morgan fingerprint density at radius 2 is 2.13 bits per heavy atom. The second-order valence-electron chi connectivity index (χ2n) is 4.51. The summed E-state index contributed by atoms with van der Waals surface area (Å²) in [6, 6.07) is 4.57. The normalized spacial score (nSPS) is 12.3. The number of aromatic nitrogens is 4. The van der Waals surface area contributed by atoms with Crippen molar-refractivity contribution in [1.29, 1.82) is 0 Å². The third kappa shape index (κ3) is 3.93. The molecule has 1 aromatic heterocycles. The van der Waals surface area contributed by atoms with Crippen LogP contribution >= 0.6 is 0 Å². The van der Waals surface area contributed by atoms with Crippen LogP contribution in [0.1, 0.15) is 23.9 Å². The SMILES string of the molecule is CCOC(=O)/C(=C/c1cccc(C(F)(F)F)c1)n1nnnc1C. The molecule has 122 valence electrons. The van der Waals surface area contributed by atoms with E-state index in [1.54, 1.807) is 13.8 Å². The number of esters is 1. The van der Waals surface area contributed by atoms with Crippen molar-refractivity contribution in [2.24, 2.45) is 0 Å². The second-order valence-corrected chi connectivity index (χ2v) is 4.51. The molecule has 0 spiro atoms. The number of benzene rings is 1. The molecule has 9 heteroatoms. The second kappa shape index (κ2) is 6.59. The number of rotatable bonds is 4. The molecule has 1 heterocycles. The quantitative estimate of drug-likeness (QED) is 0.638. The van der Waals surface area contributed by atoms with Crippen molar-refractivity contribution in [3.63, 3.8) is 0 Å². The smallest absolute Gasteiger partial charge is 0.416 e. The molecule has 0 fully saturated rings. The molecular weight excluding hydrogens is 313 g/mol. The summed E-state index contributed by atoms with van der Waals surface area (Å²) < 4.78 is 44.3. The van der Waals surface area contributed by atoms with E-state index in [4.69, 9.17) is 4.74 Å². The fourth-order valence-electron chi connectivity index (χ4n) is 1.83. The van der Waals surface area contributed by atoms with Crippen LogP contribution in [-0.4, -0.2) is 32.8 Å². The van der Waals surface area contributed by atoms with E-state index in [1.165, 1.54) is 18.2 Å². The lowest BCUT2D eigenvalue weighted by Gasteiger charge is -2.09. The zero-order chi connectivity index (χ0) is 17.0. The Bertz CT molecular complexity index is 738. The number of tetrazole rings is 1. The number of carbonyl (C=O) groups is 1. The third-order valence-corrected chi connectivity index (χ3v) is 2.86. The van der Waals surface area contributed by atoms with Crippen LogP contribution in [-0.2, 0) is 15.7 Å². The Hall–Kier alpha value is -2.71. The predicted molar refractivity (Wildman–Crippen MR) is 74.8 cm³/mol. The van der Waals surface area contributed by atoms with Crippen molar-refractivity contribution >= 4 is 17.7 Å². The molecule has 0 saturated heterocycles. The van der Waals surface area contributed by atoms with Gasteiger partial charge in [-0.3, -0.25) is 0 Å². The number of nitrogens with zero attached hydrogens (tertiary/aromatic N) is 4. The molecule has 0 aliphatic carbocycles. The van der Waals surface area contributed by atoms with E-state index >= 15 is 0 Å². The lowest BCUT2D eigenvalue weighted by Crippen LogP contribution is -2.15. The van der Waals surface area contributed by atoms with E-state index in [0.29, 0.717) is 5.82 Å². The van der Waals surface area contributed by atoms with Gasteiger partial charge in [-0.1, -0.05) is 12.1 Å². The van der Waals surface area contributed by atoms with Gasteiger partial charge in [0.05, 0.1) is 12.2 Å². The van der Waals surface area contributed by atoms with Crippen LogP contribution in [0.2, 0.25) is 0 Å². The number of ether oxygens (including phenoxy) is 1. The third-order valence-electron chi connectivity index (χ3n) is 2.86. The van der Waals surface area contributed by atoms with Gasteiger partial charge in [0.2, 0.25) is 0 Å². The number of aryl methyl sites for hydroxylation is 1. The standard InChI is InChI=1S/C14H13F3N4O2/c1-3-23-13(22)12(21-9(2)18-19-20-21)8-10-5-4-6-11(7-10)14(15,16)17/h4-8H,3H2,1-2H3/b12-8-. The summed E-state index contributed by atoms with van der Waals surface area (Å²) in [6.07, 6.45) is -3.23. The first-order valence-corrected chi connectivity index (χ1v) is 6.64. The highest BCUT2D eigenvalue weighted by atomic mass is 19.4. The van der Waals surface area contributed by atoms with E-state index in [0.717, 1.165) is 16.8 Å². The minimum absolute atomic E-state index is 0.0753. The van der Waals surface area contributed by atoms with Crippen molar-refractivity contribution in [1.82, 2.24) is 20.2 Å². The monoisotopic (exact) mass is 326 g/mol. The maximum Gasteiger partial charge on any atom is 0.416 e. The molecule has 1 aromatic carbocycles. The van der Waals surface area contributed by atoms with Crippen molar-refractivity contribution in [3.8, 4) is 0 Å². The highest BCUT2D eigenvalue weighted by Crippen LogP contribution is 2.30. The van der Waals surface area contributed by atoms with Crippen LogP contribution in [0, 0.1) is 6.92 Å². The van der Waals surface area contributed by atoms with Gasteiger partial charge in [-0.15, -0.1) is 5.10 Å². The van der Waals surface area contributed by atoms with Crippen LogP contribution in [0.5, 0.6) is 0 Å². The van der Waals surface area contributed by atoms with Crippen molar-refractivity contribution < 1.29 is 22.7 Å². The first-order valence-electron chi connectivity index (χ1n) is 6.64. The summed E-state index contributed by atoms with van der Waals surface area (Å²) in [7, 11) is 0. The maximum atomic E-state index is 12.8. The molecule has 0 aliphatic heterocycles. The van der Waals surface area contributed by atoms with Gasteiger partial charge in [-0.2, -0.15) is 17.9 Å². The summed E-state index contributed by atoms with van der Waals surface area (Å²) in [4.78, 5) is 12.1. The molecule has 0 unspecified atom stereocenters. The minimum Gasteiger partial charge on any atom is -0.461 e. The maximum absolute atomic E-state index is 12.8. The topological polar surface area (TPSA) is 69.9 Å². The van der Waals surface area contributed by atoms with Crippen molar-refractivity contribution in [3.05, 3.63) is 41.2 Å². The number of halogens is 3. The van der Waals surface area contributed by atoms with E-state index < -0.39 is 17.7 Å². The zero-order valence-corrected chi connectivity index (χ0v) is 12.3. The molecule has 0 aliphatic rings. The lowest BCUT2D eigenvalue weighted by molar-refractivity contribution is -0.138. The van der Waals surface area contributed by atoms with Crippen molar-refractivity contribution in [2.75, 3.05) is 6.61 Å². The molecule has 2 rings (SSSR count). The van der Waals surface area contributed by atoms with E-state index in [2.05, 4.69) is 15.5 Å². The summed E-state index contributed by atoms with van der Waals surface area (Å²) in [5, 5.41) is 10.7. The summed E-state index contributed by atoms with van der Waals surface area (Å²) >= 11 is 0. The van der Waals surface area contributed by atoms with E-state index in [9.17, 15) is 18.0 Å². The lowest BCUT2D eigenvalue weighted by atomic mass is 10.1. The molecule has 0 atom stereocenters. The largest absolute Gasteiger partial charge is 0.461 e. The van der Waals surface area contributed by atoms with Gasteiger partial charge >= 0.3 is 12.1 Å². The van der Waals surface area contributed by atoms with E-state index in [-0.39, 0.29) is 17.9 Å². The number of hydrogen-bond acceptors (Lipinski definition) is 5. The average molecular weight is 326 g/mol. The molecule has 0 saturated carbocycles. The average Bonchev–Trinajstić information content (AvgIpc) is 2.90.